The van der Waals surface area contributed by atoms with E-state index in [1.165, 1.54) is 13.8 Å². The lowest BCUT2D eigenvalue weighted by Crippen LogP contribution is -2.39. The Labute approximate surface area is 166 Å². The number of carbonyl (C=O) groups excluding carboxylic acids is 2. The summed E-state index contributed by atoms with van der Waals surface area (Å²) in [4.78, 5) is 22.7. The van der Waals surface area contributed by atoms with Crippen molar-refractivity contribution >= 4 is 11.9 Å². The molecule has 8 heteroatoms. The Morgan fingerprint density at radius 1 is 0.821 bits per heavy atom. The van der Waals surface area contributed by atoms with E-state index in [4.69, 9.17) is 18.9 Å². The van der Waals surface area contributed by atoms with E-state index in [1.54, 1.807) is 0 Å². The summed E-state index contributed by atoms with van der Waals surface area (Å²) >= 11 is 0. The van der Waals surface area contributed by atoms with E-state index >= 15 is 0 Å². The predicted molar refractivity (Wildman–Crippen MR) is 102 cm³/mol. The zero-order valence-corrected chi connectivity index (χ0v) is 16.7. The van der Waals surface area contributed by atoms with Crippen molar-refractivity contribution in [2.24, 2.45) is 0 Å². The molecule has 1 aliphatic rings. The highest BCUT2D eigenvalue weighted by Gasteiger charge is 2.28. The third kappa shape index (κ3) is 9.45. The highest BCUT2D eigenvalue weighted by atomic mass is 16.6. The lowest BCUT2D eigenvalue weighted by Gasteiger charge is -2.32. The van der Waals surface area contributed by atoms with Crippen LogP contribution in [0, 0.1) is 0 Å². The average molecular weight is 400 g/mol. The van der Waals surface area contributed by atoms with Crippen LogP contribution in [0.1, 0.15) is 39.5 Å². The van der Waals surface area contributed by atoms with Gasteiger partial charge in [0.1, 0.15) is 25.4 Å². The van der Waals surface area contributed by atoms with Crippen molar-refractivity contribution in [2.45, 2.75) is 63.9 Å². The smallest absolute Gasteiger partial charge is 0.333 e. The summed E-state index contributed by atoms with van der Waals surface area (Å²) in [6.45, 7) is 9.68. The summed E-state index contributed by atoms with van der Waals surface area (Å²) < 4.78 is 21.3. The minimum Gasteiger partial charge on any atom is -0.460 e. The summed E-state index contributed by atoms with van der Waals surface area (Å²) in [6, 6.07) is 0. The van der Waals surface area contributed by atoms with Gasteiger partial charge in [0.15, 0.2) is 0 Å². The number of carbonyl (C=O) groups is 2. The monoisotopic (exact) mass is 400 g/mol. The van der Waals surface area contributed by atoms with Crippen molar-refractivity contribution in [1.29, 1.82) is 0 Å². The molecular weight excluding hydrogens is 368 g/mol. The largest absolute Gasteiger partial charge is 0.460 e. The number of hydrogen-bond donors (Lipinski definition) is 2. The van der Waals surface area contributed by atoms with Crippen LogP contribution in [0.3, 0.4) is 0 Å². The van der Waals surface area contributed by atoms with E-state index < -0.39 is 24.1 Å². The highest BCUT2D eigenvalue weighted by molar-refractivity contribution is 5.87. The van der Waals surface area contributed by atoms with Gasteiger partial charge in [-0.25, -0.2) is 9.59 Å². The lowest BCUT2D eigenvalue weighted by molar-refractivity contribution is -0.151. The summed E-state index contributed by atoms with van der Waals surface area (Å²) in [5.74, 6) is -1.11. The average Bonchev–Trinajstić information content (AvgIpc) is 2.67. The highest BCUT2D eigenvalue weighted by Crippen LogP contribution is 2.24. The van der Waals surface area contributed by atoms with Crippen LogP contribution in [0.2, 0.25) is 0 Å². The first kappa shape index (κ1) is 24.3. The fraction of sp³-hybridized carbons (Fsp3) is 0.700. The van der Waals surface area contributed by atoms with Crippen LogP contribution in [0.5, 0.6) is 0 Å². The Bertz CT molecular complexity index is 496. The molecule has 8 nitrogen and oxygen atoms in total. The Morgan fingerprint density at radius 2 is 1.18 bits per heavy atom. The molecule has 0 bridgehead atoms. The van der Waals surface area contributed by atoms with E-state index in [9.17, 15) is 19.8 Å². The fourth-order valence-corrected chi connectivity index (χ4v) is 2.60. The molecule has 4 unspecified atom stereocenters. The van der Waals surface area contributed by atoms with Gasteiger partial charge in [-0.2, -0.15) is 0 Å². The van der Waals surface area contributed by atoms with E-state index in [2.05, 4.69) is 13.2 Å². The second-order valence-corrected chi connectivity index (χ2v) is 7.09. The Hall–Kier alpha value is -1.74. The predicted octanol–water partition coefficient (Wildman–Crippen LogP) is 1.29. The second kappa shape index (κ2) is 12.7. The molecule has 0 aliphatic heterocycles. The van der Waals surface area contributed by atoms with Gasteiger partial charge in [0.2, 0.25) is 0 Å². The molecule has 0 aromatic rings. The van der Waals surface area contributed by atoms with Gasteiger partial charge in [-0.05, 0) is 26.7 Å². The van der Waals surface area contributed by atoms with Crippen molar-refractivity contribution in [1.82, 2.24) is 0 Å². The molecule has 0 saturated heterocycles. The molecule has 160 valence electrons. The van der Waals surface area contributed by atoms with Crippen LogP contribution >= 0.6 is 0 Å². The summed E-state index contributed by atoms with van der Waals surface area (Å²) in [6.07, 6.45) is 1.13. The van der Waals surface area contributed by atoms with E-state index in [0.717, 1.165) is 25.7 Å². The van der Waals surface area contributed by atoms with E-state index in [1.807, 2.05) is 0 Å². The molecule has 1 saturated carbocycles. The minimum absolute atomic E-state index is 0.00672. The molecule has 4 atom stereocenters. The number of esters is 2. The number of aliphatic hydroxyl groups excluding tert-OH is 2. The van der Waals surface area contributed by atoms with Gasteiger partial charge in [0.25, 0.3) is 0 Å². The van der Waals surface area contributed by atoms with Gasteiger partial charge in [-0.3, -0.25) is 0 Å². The number of aliphatic hydroxyl groups is 2. The first-order valence-electron chi connectivity index (χ1n) is 9.45. The normalized spacial score (nSPS) is 21.4. The molecule has 0 amide bonds. The van der Waals surface area contributed by atoms with Gasteiger partial charge < -0.3 is 29.2 Å². The maximum atomic E-state index is 11.3. The molecule has 0 radical (unpaired) electrons. The van der Waals surface area contributed by atoms with Crippen LogP contribution in [0.15, 0.2) is 24.3 Å². The number of hydrogen-bond acceptors (Lipinski definition) is 8. The quantitative estimate of drug-likeness (QED) is 0.372. The van der Waals surface area contributed by atoms with Crippen molar-refractivity contribution in [2.75, 3.05) is 26.4 Å². The van der Waals surface area contributed by atoms with Gasteiger partial charge in [0.05, 0.1) is 25.4 Å². The van der Waals surface area contributed by atoms with Gasteiger partial charge in [0, 0.05) is 11.1 Å². The van der Waals surface area contributed by atoms with Crippen molar-refractivity contribution in [3.05, 3.63) is 24.3 Å². The van der Waals surface area contributed by atoms with Crippen LogP contribution < -0.4 is 0 Å². The zero-order chi connectivity index (χ0) is 21.1. The SMILES string of the molecule is C=C(C)C(=O)OCC(O)COC1CCCCC1OCC(O)COC(=O)C(=C)C. The van der Waals surface area contributed by atoms with Crippen LogP contribution in [0.4, 0.5) is 0 Å². The first-order chi connectivity index (χ1) is 13.2. The topological polar surface area (TPSA) is 112 Å². The molecule has 2 N–H and O–H groups in total. The Kier molecular flexibility index (Phi) is 11.0. The molecule has 1 aliphatic carbocycles. The van der Waals surface area contributed by atoms with Gasteiger partial charge in [-0.1, -0.05) is 26.0 Å². The van der Waals surface area contributed by atoms with E-state index in [0.29, 0.717) is 0 Å². The first-order valence-corrected chi connectivity index (χ1v) is 9.45. The molecule has 1 rings (SSSR count). The second-order valence-electron chi connectivity index (χ2n) is 7.09. The van der Waals surface area contributed by atoms with E-state index in [-0.39, 0.29) is 49.8 Å². The minimum atomic E-state index is -0.946. The Balaban J connectivity index is 2.34. The molecule has 0 spiro atoms. The Morgan fingerprint density at radius 3 is 1.50 bits per heavy atom. The molecular formula is C20H32O8. The third-order valence-electron chi connectivity index (χ3n) is 4.16. The third-order valence-corrected chi connectivity index (χ3v) is 4.16. The summed E-state index contributed by atoms with van der Waals surface area (Å²) in [5, 5.41) is 19.8. The summed E-state index contributed by atoms with van der Waals surface area (Å²) in [5.41, 5.74) is 0.530. The van der Waals surface area contributed by atoms with Crippen molar-refractivity contribution in [3.8, 4) is 0 Å². The maximum Gasteiger partial charge on any atom is 0.333 e. The lowest BCUT2D eigenvalue weighted by atomic mass is 9.94. The van der Waals surface area contributed by atoms with Gasteiger partial charge in [-0.15, -0.1) is 0 Å². The van der Waals surface area contributed by atoms with Crippen LogP contribution in [0.25, 0.3) is 0 Å². The maximum absolute atomic E-state index is 11.3. The molecule has 1 fully saturated rings. The van der Waals surface area contributed by atoms with Crippen LogP contribution in [-0.4, -0.2) is 73.0 Å². The van der Waals surface area contributed by atoms with Crippen LogP contribution in [-0.2, 0) is 28.5 Å². The number of ether oxygens (including phenoxy) is 4. The number of rotatable bonds is 12. The van der Waals surface area contributed by atoms with Crippen molar-refractivity contribution in [3.63, 3.8) is 0 Å². The summed E-state index contributed by atoms with van der Waals surface area (Å²) in [7, 11) is 0. The fourth-order valence-electron chi connectivity index (χ4n) is 2.60. The van der Waals surface area contributed by atoms with Crippen molar-refractivity contribution < 1.29 is 38.7 Å². The molecule has 0 aromatic heterocycles. The standard InChI is InChI=1S/C20H32O8/c1-13(2)19(23)27-11-15(21)9-25-17-7-5-6-8-18(17)26-10-16(22)12-28-20(24)14(3)4/h15-18,21-22H,1,3,5-12H2,2,4H3. The molecule has 0 aromatic carbocycles. The zero-order valence-electron chi connectivity index (χ0n) is 16.7. The molecule has 28 heavy (non-hydrogen) atoms. The van der Waals surface area contributed by atoms with Gasteiger partial charge >= 0.3 is 11.9 Å². The molecule has 0 heterocycles.